The highest BCUT2D eigenvalue weighted by Gasteiger charge is 2.04. The molecule has 0 unspecified atom stereocenters. The van der Waals surface area contributed by atoms with Crippen LogP contribution in [-0.2, 0) is 6.54 Å². The van der Waals surface area contributed by atoms with Gasteiger partial charge in [-0.3, -0.25) is 0 Å². The fourth-order valence-corrected chi connectivity index (χ4v) is 2.47. The SMILES string of the molecule is Cc1ccc(NC(N)=NCc2nc3c(C)cccc3[nH]2)cc1C. The van der Waals surface area contributed by atoms with Crippen molar-refractivity contribution in [2.45, 2.75) is 27.3 Å². The first-order valence-electron chi connectivity index (χ1n) is 7.61. The third-order valence-electron chi connectivity index (χ3n) is 3.94. The number of aryl methyl sites for hydroxylation is 3. The standard InChI is InChI=1S/C18H21N5/c1-11-7-8-14(9-13(11)3)21-18(19)20-10-16-22-15-6-4-5-12(2)17(15)23-16/h4-9H,10H2,1-3H3,(H,22,23)(H3,19,20,21). The number of nitrogens with one attached hydrogen (secondary N) is 2. The second-order valence-electron chi connectivity index (χ2n) is 5.78. The molecule has 0 aliphatic carbocycles. The Kier molecular flexibility index (Phi) is 4.02. The van der Waals surface area contributed by atoms with Crippen molar-refractivity contribution in [3.8, 4) is 0 Å². The van der Waals surface area contributed by atoms with Gasteiger partial charge in [0.15, 0.2) is 5.96 Å². The van der Waals surface area contributed by atoms with Crippen LogP contribution in [0.3, 0.4) is 0 Å². The molecule has 0 aliphatic rings. The van der Waals surface area contributed by atoms with Gasteiger partial charge in [0.05, 0.1) is 11.0 Å². The van der Waals surface area contributed by atoms with Gasteiger partial charge in [-0.2, -0.15) is 0 Å². The van der Waals surface area contributed by atoms with Crippen LogP contribution < -0.4 is 11.1 Å². The lowest BCUT2D eigenvalue weighted by molar-refractivity contribution is 0.954. The van der Waals surface area contributed by atoms with Crippen LogP contribution >= 0.6 is 0 Å². The number of aromatic nitrogens is 2. The number of rotatable bonds is 3. The molecule has 3 rings (SSSR count). The minimum absolute atomic E-state index is 0.380. The lowest BCUT2D eigenvalue weighted by Crippen LogP contribution is -2.22. The lowest BCUT2D eigenvalue weighted by atomic mass is 10.1. The number of guanidine groups is 1. The van der Waals surface area contributed by atoms with Gasteiger partial charge in [-0.15, -0.1) is 0 Å². The third kappa shape index (κ3) is 3.34. The minimum atomic E-state index is 0.380. The zero-order valence-corrected chi connectivity index (χ0v) is 13.6. The summed E-state index contributed by atoms with van der Waals surface area (Å²) in [5.74, 6) is 1.18. The van der Waals surface area contributed by atoms with Gasteiger partial charge >= 0.3 is 0 Å². The molecule has 118 valence electrons. The Morgan fingerprint density at radius 1 is 1.13 bits per heavy atom. The summed E-state index contributed by atoms with van der Waals surface area (Å²) in [5.41, 5.74) is 12.5. The van der Waals surface area contributed by atoms with E-state index in [9.17, 15) is 0 Å². The van der Waals surface area contributed by atoms with E-state index >= 15 is 0 Å². The number of aliphatic imine (C=N–C) groups is 1. The fraction of sp³-hybridized carbons (Fsp3) is 0.222. The number of nitrogens with zero attached hydrogens (tertiary/aromatic N) is 2. The molecule has 0 saturated heterocycles. The average molecular weight is 307 g/mol. The Hall–Kier alpha value is -2.82. The molecule has 1 aromatic heterocycles. The number of anilines is 1. The molecule has 1 heterocycles. The monoisotopic (exact) mass is 307 g/mol. The molecule has 23 heavy (non-hydrogen) atoms. The van der Waals surface area contributed by atoms with E-state index in [1.54, 1.807) is 0 Å². The van der Waals surface area contributed by atoms with E-state index in [-0.39, 0.29) is 0 Å². The zero-order chi connectivity index (χ0) is 16.4. The van der Waals surface area contributed by atoms with Crippen LogP contribution in [0.4, 0.5) is 5.69 Å². The van der Waals surface area contributed by atoms with Crippen LogP contribution in [0.2, 0.25) is 0 Å². The molecular weight excluding hydrogens is 286 g/mol. The normalized spacial score (nSPS) is 11.9. The maximum atomic E-state index is 5.96. The molecule has 0 amide bonds. The molecule has 0 bridgehead atoms. The molecule has 0 atom stereocenters. The fourth-order valence-electron chi connectivity index (χ4n) is 2.47. The van der Waals surface area contributed by atoms with Gasteiger partial charge in [0.2, 0.25) is 0 Å². The Balaban J connectivity index is 1.72. The first-order valence-corrected chi connectivity index (χ1v) is 7.61. The predicted molar refractivity (Wildman–Crippen MR) is 95.7 cm³/mol. The first-order chi connectivity index (χ1) is 11.0. The summed E-state index contributed by atoms with van der Waals surface area (Å²) in [6.07, 6.45) is 0. The Morgan fingerprint density at radius 3 is 2.70 bits per heavy atom. The zero-order valence-electron chi connectivity index (χ0n) is 13.6. The molecule has 4 N–H and O–H groups in total. The number of aromatic amines is 1. The van der Waals surface area contributed by atoms with E-state index in [2.05, 4.69) is 46.3 Å². The number of para-hydroxylation sites is 1. The van der Waals surface area contributed by atoms with Crippen LogP contribution in [0, 0.1) is 20.8 Å². The van der Waals surface area contributed by atoms with Crippen molar-refractivity contribution in [2.75, 3.05) is 5.32 Å². The number of benzene rings is 2. The van der Waals surface area contributed by atoms with E-state index in [0.717, 1.165) is 28.1 Å². The van der Waals surface area contributed by atoms with Gasteiger partial charge in [-0.05, 0) is 55.7 Å². The molecule has 2 aromatic carbocycles. The number of fused-ring (bicyclic) bond motifs is 1. The van der Waals surface area contributed by atoms with Gasteiger partial charge in [-0.1, -0.05) is 18.2 Å². The van der Waals surface area contributed by atoms with Gasteiger partial charge < -0.3 is 16.0 Å². The second kappa shape index (κ2) is 6.12. The van der Waals surface area contributed by atoms with E-state index in [4.69, 9.17) is 5.73 Å². The molecule has 0 saturated carbocycles. The molecule has 0 spiro atoms. The highest BCUT2D eigenvalue weighted by Crippen LogP contribution is 2.16. The number of hydrogen-bond acceptors (Lipinski definition) is 2. The van der Waals surface area contributed by atoms with Crippen molar-refractivity contribution in [2.24, 2.45) is 10.7 Å². The summed E-state index contributed by atoms with van der Waals surface area (Å²) in [5, 5.41) is 3.11. The van der Waals surface area contributed by atoms with Crippen LogP contribution in [0.1, 0.15) is 22.5 Å². The maximum Gasteiger partial charge on any atom is 0.193 e. The lowest BCUT2D eigenvalue weighted by Gasteiger charge is -2.07. The minimum Gasteiger partial charge on any atom is -0.370 e. The van der Waals surface area contributed by atoms with E-state index in [1.807, 2.05) is 31.2 Å². The summed E-state index contributed by atoms with van der Waals surface area (Å²) in [6.45, 7) is 6.62. The summed E-state index contributed by atoms with van der Waals surface area (Å²) in [6, 6.07) is 12.2. The summed E-state index contributed by atoms with van der Waals surface area (Å²) in [7, 11) is 0. The molecule has 0 aliphatic heterocycles. The van der Waals surface area contributed by atoms with Crippen molar-refractivity contribution in [3.05, 3.63) is 58.9 Å². The third-order valence-corrected chi connectivity index (χ3v) is 3.94. The highest BCUT2D eigenvalue weighted by molar-refractivity contribution is 5.92. The Bertz CT molecular complexity index is 876. The predicted octanol–water partition coefficient (Wildman–Crippen LogP) is 3.41. The number of nitrogens with two attached hydrogens (primary N) is 1. The second-order valence-corrected chi connectivity index (χ2v) is 5.78. The quantitative estimate of drug-likeness (QED) is 0.512. The van der Waals surface area contributed by atoms with Gasteiger partial charge in [0.1, 0.15) is 12.4 Å². The Morgan fingerprint density at radius 2 is 1.96 bits per heavy atom. The molecular formula is C18H21N5. The summed E-state index contributed by atoms with van der Waals surface area (Å²) in [4.78, 5) is 12.2. The van der Waals surface area contributed by atoms with Crippen molar-refractivity contribution >= 4 is 22.7 Å². The first kappa shape index (κ1) is 15.1. The van der Waals surface area contributed by atoms with Gasteiger partial charge in [-0.25, -0.2) is 9.98 Å². The van der Waals surface area contributed by atoms with Crippen LogP contribution in [0.5, 0.6) is 0 Å². The smallest absolute Gasteiger partial charge is 0.193 e. The molecule has 0 fully saturated rings. The van der Waals surface area contributed by atoms with Crippen molar-refractivity contribution in [3.63, 3.8) is 0 Å². The van der Waals surface area contributed by atoms with Gasteiger partial charge in [0, 0.05) is 5.69 Å². The Labute approximate surface area is 135 Å². The number of hydrogen-bond donors (Lipinski definition) is 3. The van der Waals surface area contributed by atoms with Crippen LogP contribution in [-0.4, -0.2) is 15.9 Å². The molecule has 3 aromatic rings. The average Bonchev–Trinajstić information content (AvgIpc) is 2.94. The van der Waals surface area contributed by atoms with Gasteiger partial charge in [0.25, 0.3) is 0 Å². The van der Waals surface area contributed by atoms with Crippen LogP contribution in [0.15, 0.2) is 41.4 Å². The van der Waals surface area contributed by atoms with Crippen molar-refractivity contribution in [1.29, 1.82) is 0 Å². The number of imidazole rings is 1. The van der Waals surface area contributed by atoms with E-state index in [1.165, 1.54) is 11.1 Å². The topological polar surface area (TPSA) is 79.1 Å². The summed E-state index contributed by atoms with van der Waals surface area (Å²) < 4.78 is 0. The van der Waals surface area contributed by atoms with Crippen LogP contribution in [0.25, 0.3) is 11.0 Å². The van der Waals surface area contributed by atoms with Crippen molar-refractivity contribution < 1.29 is 0 Å². The number of H-pyrrole nitrogens is 1. The van der Waals surface area contributed by atoms with E-state index in [0.29, 0.717) is 12.5 Å². The van der Waals surface area contributed by atoms with E-state index < -0.39 is 0 Å². The maximum absolute atomic E-state index is 5.96. The van der Waals surface area contributed by atoms with Crippen molar-refractivity contribution in [1.82, 2.24) is 9.97 Å². The molecule has 0 radical (unpaired) electrons. The molecule has 5 nitrogen and oxygen atoms in total. The summed E-state index contributed by atoms with van der Waals surface area (Å²) >= 11 is 0. The molecule has 5 heteroatoms. The highest BCUT2D eigenvalue weighted by atomic mass is 15.1. The largest absolute Gasteiger partial charge is 0.370 e.